The van der Waals surface area contributed by atoms with Crippen molar-refractivity contribution in [2.24, 2.45) is 0 Å². The van der Waals surface area contributed by atoms with E-state index in [1.165, 1.54) is 18.2 Å². The molecule has 1 N–H and O–H groups in total. The first-order valence-corrected chi connectivity index (χ1v) is 11.5. The first-order chi connectivity index (χ1) is 16.8. The van der Waals surface area contributed by atoms with Crippen molar-refractivity contribution < 1.29 is 22.7 Å². The van der Waals surface area contributed by atoms with E-state index in [-0.39, 0.29) is 11.4 Å². The van der Waals surface area contributed by atoms with Gasteiger partial charge in [0.25, 0.3) is 0 Å². The Morgan fingerprint density at radius 2 is 1.69 bits per heavy atom. The van der Waals surface area contributed by atoms with Gasteiger partial charge in [0, 0.05) is 5.69 Å². The highest BCUT2D eigenvalue weighted by atomic mass is 32.2. The second kappa shape index (κ2) is 10.2. The van der Waals surface area contributed by atoms with Gasteiger partial charge in [-0.05, 0) is 43.3 Å². The molecule has 1 amide bonds. The number of ether oxygens (including phenoxy) is 1. The molecule has 6 nitrogen and oxygen atoms in total. The molecule has 0 fully saturated rings. The van der Waals surface area contributed by atoms with Gasteiger partial charge in [-0.2, -0.15) is 13.2 Å². The highest BCUT2D eigenvalue weighted by Gasteiger charge is 2.33. The number of nitrogens with one attached hydrogen (secondary N) is 1. The van der Waals surface area contributed by atoms with E-state index in [9.17, 15) is 18.0 Å². The number of thioether (sulfide) groups is 1. The highest BCUT2D eigenvalue weighted by molar-refractivity contribution is 7.99. The molecule has 0 atom stereocenters. The van der Waals surface area contributed by atoms with Gasteiger partial charge in [-0.1, -0.05) is 53.7 Å². The summed E-state index contributed by atoms with van der Waals surface area (Å²) in [6.07, 6.45) is -4.58. The molecule has 4 rings (SSSR count). The summed E-state index contributed by atoms with van der Waals surface area (Å²) in [6, 6.07) is 19.9. The molecule has 0 aliphatic rings. The van der Waals surface area contributed by atoms with Crippen LogP contribution in [0.25, 0.3) is 17.1 Å². The fraction of sp³-hybridized carbons (Fsp3) is 0.160. The van der Waals surface area contributed by atoms with Crippen LogP contribution in [0, 0.1) is 6.92 Å². The van der Waals surface area contributed by atoms with Crippen LogP contribution in [0.5, 0.6) is 5.75 Å². The van der Waals surface area contributed by atoms with Crippen LogP contribution in [0.3, 0.4) is 0 Å². The number of aryl methyl sites for hydroxylation is 1. The minimum Gasteiger partial charge on any atom is -0.496 e. The number of hydrogen-bond acceptors (Lipinski definition) is 5. The zero-order valence-electron chi connectivity index (χ0n) is 18.8. The molecule has 3 aromatic carbocycles. The van der Waals surface area contributed by atoms with Crippen LogP contribution >= 0.6 is 11.8 Å². The summed E-state index contributed by atoms with van der Waals surface area (Å²) in [5.74, 6) is 0.356. The number of rotatable bonds is 7. The molecule has 0 unspecified atom stereocenters. The molecule has 180 valence electrons. The van der Waals surface area contributed by atoms with Gasteiger partial charge in [0.05, 0.1) is 29.7 Å². The van der Waals surface area contributed by atoms with E-state index in [2.05, 4.69) is 15.5 Å². The Hall–Kier alpha value is -3.79. The maximum atomic E-state index is 13.3. The van der Waals surface area contributed by atoms with E-state index in [0.29, 0.717) is 22.3 Å². The van der Waals surface area contributed by atoms with Crippen molar-refractivity contribution in [3.05, 3.63) is 83.9 Å². The number of carbonyl (C=O) groups is 1. The lowest BCUT2D eigenvalue weighted by Crippen LogP contribution is -2.18. The maximum absolute atomic E-state index is 13.3. The second-order valence-corrected chi connectivity index (χ2v) is 8.50. The predicted octanol–water partition coefficient (Wildman–Crippen LogP) is 6.00. The minimum atomic E-state index is -4.58. The first-order valence-electron chi connectivity index (χ1n) is 10.5. The average molecular weight is 499 g/mol. The lowest BCUT2D eigenvalue weighted by atomic mass is 10.1. The summed E-state index contributed by atoms with van der Waals surface area (Å²) in [5, 5.41) is 11.4. The number of aromatic nitrogens is 3. The fourth-order valence-corrected chi connectivity index (χ4v) is 4.20. The second-order valence-electron chi connectivity index (χ2n) is 7.56. The number of alkyl halides is 3. The number of amides is 1. The maximum Gasteiger partial charge on any atom is 0.418 e. The topological polar surface area (TPSA) is 69.0 Å². The Morgan fingerprint density at radius 1 is 1.00 bits per heavy atom. The Labute approximate surface area is 204 Å². The third kappa shape index (κ3) is 5.48. The van der Waals surface area contributed by atoms with Gasteiger partial charge < -0.3 is 10.1 Å². The molecule has 1 aromatic heterocycles. The van der Waals surface area contributed by atoms with E-state index in [1.54, 1.807) is 11.7 Å². The molecular formula is C25H21F3N4O2S. The van der Waals surface area contributed by atoms with Crippen LogP contribution in [0.2, 0.25) is 0 Å². The van der Waals surface area contributed by atoms with Gasteiger partial charge in [-0.3, -0.25) is 9.36 Å². The third-order valence-electron chi connectivity index (χ3n) is 5.11. The molecule has 0 saturated heterocycles. The lowest BCUT2D eigenvalue weighted by molar-refractivity contribution is -0.137. The normalized spacial score (nSPS) is 11.3. The summed E-state index contributed by atoms with van der Waals surface area (Å²) < 4.78 is 47.0. The molecule has 1 heterocycles. The molecule has 4 aromatic rings. The van der Waals surface area contributed by atoms with Crippen molar-refractivity contribution in [2.75, 3.05) is 18.2 Å². The number of benzene rings is 3. The highest BCUT2D eigenvalue weighted by Crippen LogP contribution is 2.35. The number of carbonyl (C=O) groups excluding carboxylic acids is 1. The summed E-state index contributed by atoms with van der Waals surface area (Å²) in [4.78, 5) is 12.6. The quantitative estimate of drug-likeness (QED) is 0.317. The van der Waals surface area contributed by atoms with E-state index in [0.717, 1.165) is 29.1 Å². The van der Waals surface area contributed by atoms with Crippen LogP contribution in [0.1, 0.15) is 11.1 Å². The van der Waals surface area contributed by atoms with Crippen molar-refractivity contribution in [3.63, 3.8) is 0 Å². The van der Waals surface area contributed by atoms with Crippen molar-refractivity contribution in [1.29, 1.82) is 0 Å². The number of nitrogens with zero attached hydrogens (tertiary/aromatic N) is 3. The SMILES string of the molecule is COc1ccccc1-c1nnc(SCC(=O)Nc2ccccc2C(F)(F)F)n1-c1ccc(C)cc1. The first kappa shape index (κ1) is 24.3. The predicted molar refractivity (Wildman–Crippen MR) is 129 cm³/mol. The van der Waals surface area contributed by atoms with Crippen LogP contribution in [-0.4, -0.2) is 33.5 Å². The van der Waals surface area contributed by atoms with E-state index >= 15 is 0 Å². The molecule has 0 aliphatic heterocycles. The Morgan fingerprint density at radius 3 is 2.40 bits per heavy atom. The summed E-state index contributed by atoms with van der Waals surface area (Å²) in [7, 11) is 1.56. The number of halogens is 3. The summed E-state index contributed by atoms with van der Waals surface area (Å²) in [5.41, 5.74) is 1.35. The average Bonchev–Trinajstić information content (AvgIpc) is 3.26. The molecule has 35 heavy (non-hydrogen) atoms. The van der Waals surface area contributed by atoms with Crippen LogP contribution in [0.15, 0.2) is 78.0 Å². The monoisotopic (exact) mass is 498 g/mol. The molecular weight excluding hydrogens is 477 g/mol. The number of anilines is 1. The van der Waals surface area contributed by atoms with Gasteiger partial charge in [-0.15, -0.1) is 10.2 Å². The van der Waals surface area contributed by atoms with Gasteiger partial charge >= 0.3 is 6.18 Å². The van der Waals surface area contributed by atoms with Gasteiger partial charge in [0.15, 0.2) is 11.0 Å². The molecule has 0 saturated carbocycles. The summed E-state index contributed by atoms with van der Waals surface area (Å²) >= 11 is 1.07. The number of methoxy groups -OCH3 is 1. The lowest BCUT2D eigenvalue weighted by Gasteiger charge is -2.14. The molecule has 10 heteroatoms. The fourth-order valence-electron chi connectivity index (χ4n) is 3.45. The Kier molecular flexibility index (Phi) is 7.11. The van der Waals surface area contributed by atoms with Crippen molar-refractivity contribution in [3.8, 4) is 22.8 Å². The zero-order chi connectivity index (χ0) is 25.0. The van der Waals surface area contributed by atoms with Crippen molar-refractivity contribution in [2.45, 2.75) is 18.3 Å². The third-order valence-corrected chi connectivity index (χ3v) is 6.04. The smallest absolute Gasteiger partial charge is 0.418 e. The number of para-hydroxylation sites is 2. The summed E-state index contributed by atoms with van der Waals surface area (Å²) in [6.45, 7) is 1.97. The van der Waals surface area contributed by atoms with Gasteiger partial charge in [0.2, 0.25) is 5.91 Å². The zero-order valence-corrected chi connectivity index (χ0v) is 19.7. The van der Waals surface area contributed by atoms with Crippen LogP contribution in [0.4, 0.5) is 18.9 Å². The number of hydrogen-bond donors (Lipinski definition) is 1. The molecule has 0 aliphatic carbocycles. The molecule has 0 radical (unpaired) electrons. The van der Waals surface area contributed by atoms with E-state index < -0.39 is 17.6 Å². The largest absolute Gasteiger partial charge is 0.496 e. The molecule has 0 spiro atoms. The van der Waals surface area contributed by atoms with Crippen LogP contribution < -0.4 is 10.1 Å². The Balaban J connectivity index is 1.63. The van der Waals surface area contributed by atoms with E-state index in [4.69, 9.17) is 4.74 Å². The Bertz CT molecular complexity index is 1340. The van der Waals surface area contributed by atoms with Crippen LogP contribution in [-0.2, 0) is 11.0 Å². The van der Waals surface area contributed by atoms with Gasteiger partial charge in [0.1, 0.15) is 5.75 Å². The minimum absolute atomic E-state index is 0.165. The van der Waals surface area contributed by atoms with E-state index in [1.807, 2.05) is 55.5 Å². The standard InChI is InChI=1S/C25H21F3N4O2S/c1-16-11-13-17(14-12-16)32-23(18-7-3-6-10-21(18)34-2)30-31-24(32)35-15-22(33)29-20-9-5-4-8-19(20)25(26,27)28/h3-14H,15H2,1-2H3,(H,29,33). The van der Waals surface area contributed by atoms with Gasteiger partial charge in [-0.25, -0.2) is 0 Å². The molecule has 0 bridgehead atoms. The van der Waals surface area contributed by atoms with Crippen molar-refractivity contribution >= 4 is 23.4 Å². The van der Waals surface area contributed by atoms with Crippen molar-refractivity contribution in [1.82, 2.24) is 14.8 Å².